The summed E-state index contributed by atoms with van der Waals surface area (Å²) in [6, 6.07) is 0. The Hall–Kier alpha value is -0.360. The lowest BCUT2D eigenvalue weighted by Crippen LogP contribution is -2.25. The lowest BCUT2D eigenvalue weighted by Gasteiger charge is -2.17. The Morgan fingerprint density at radius 3 is 2.94 bits per heavy atom. The Kier molecular flexibility index (Phi) is 5.66. The average Bonchev–Trinajstić information content (AvgIpc) is 2.76. The Bertz CT molecular complexity index is 342. The predicted octanol–water partition coefficient (Wildman–Crippen LogP) is 1.53. The quantitative estimate of drug-likeness (QED) is 0.906. The van der Waals surface area contributed by atoms with E-state index in [0.717, 1.165) is 12.5 Å². The van der Waals surface area contributed by atoms with Crippen LogP contribution in [-0.4, -0.2) is 48.5 Å². The van der Waals surface area contributed by atoms with E-state index in [1.165, 1.54) is 30.9 Å². The summed E-state index contributed by atoms with van der Waals surface area (Å²) in [5.41, 5.74) is 5.63. The highest BCUT2D eigenvalue weighted by Gasteiger charge is 2.23. The summed E-state index contributed by atoms with van der Waals surface area (Å²) in [4.78, 5) is 10.1. The second-order valence-corrected chi connectivity index (χ2v) is 5.96. The van der Waals surface area contributed by atoms with Crippen molar-refractivity contribution in [1.82, 2.24) is 14.8 Å². The summed E-state index contributed by atoms with van der Waals surface area (Å²) in [6.07, 6.45) is 3.21. The Balaban J connectivity index is 0.00000144. The molecule has 0 saturated carbocycles. The highest BCUT2D eigenvalue weighted by Crippen LogP contribution is 2.22. The van der Waals surface area contributed by atoms with E-state index in [-0.39, 0.29) is 12.4 Å². The van der Waals surface area contributed by atoms with Gasteiger partial charge in [0.1, 0.15) is 0 Å². The van der Waals surface area contributed by atoms with Gasteiger partial charge in [0.05, 0.1) is 0 Å². The molecule has 6 heteroatoms. The minimum atomic E-state index is 0. The van der Waals surface area contributed by atoms with E-state index in [9.17, 15) is 0 Å². The number of nitrogen functional groups attached to an aromatic ring is 1. The molecule has 2 heterocycles. The summed E-state index contributed by atoms with van der Waals surface area (Å²) in [5, 5.41) is 0.680. The van der Waals surface area contributed by atoms with Crippen LogP contribution in [0.15, 0.2) is 6.20 Å². The van der Waals surface area contributed by atoms with E-state index in [4.69, 9.17) is 5.73 Å². The van der Waals surface area contributed by atoms with Gasteiger partial charge in [0.2, 0.25) is 0 Å². The van der Waals surface area contributed by atoms with E-state index in [1.54, 1.807) is 11.3 Å². The number of rotatable bonds is 4. The molecule has 2 rings (SSSR count). The van der Waals surface area contributed by atoms with Gasteiger partial charge in [-0.15, -0.1) is 23.7 Å². The number of hydrogen-bond donors (Lipinski definition) is 1. The first-order valence-electron chi connectivity index (χ1n) is 5.71. The van der Waals surface area contributed by atoms with Gasteiger partial charge >= 0.3 is 0 Å². The Morgan fingerprint density at radius 2 is 2.35 bits per heavy atom. The normalized spacial score (nSPS) is 20.8. The molecule has 1 unspecified atom stereocenters. The Morgan fingerprint density at radius 1 is 1.59 bits per heavy atom. The van der Waals surface area contributed by atoms with Gasteiger partial charge in [0.25, 0.3) is 0 Å². The molecule has 1 saturated heterocycles. The van der Waals surface area contributed by atoms with Crippen molar-refractivity contribution >= 4 is 28.9 Å². The average molecular weight is 277 g/mol. The van der Waals surface area contributed by atoms with Crippen LogP contribution in [0.2, 0.25) is 0 Å². The topological polar surface area (TPSA) is 45.4 Å². The highest BCUT2D eigenvalue weighted by atomic mass is 35.5. The van der Waals surface area contributed by atoms with Crippen molar-refractivity contribution in [1.29, 1.82) is 0 Å². The van der Waals surface area contributed by atoms with E-state index in [1.807, 2.05) is 6.20 Å². The summed E-state index contributed by atoms with van der Waals surface area (Å²) >= 11 is 1.60. The maximum atomic E-state index is 5.63. The first-order chi connectivity index (χ1) is 7.63. The number of likely N-dealkylation sites (tertiary alicyclic amines) is 1. The monoisotopic (exact) mass is 276 g/mol. The van der Waals surface area contributed by atoms with Gasteiger partial charge in [0.15, 0.2) is 5.13 Å². The van der Waals surface area contributed by atoms with Crippen LogP contribution in [0.5, 0.6) is 0 Å². The van der Waals surface area contributed by atoms with Crippen LogP contribution in [0, 0.1) is 5.92 Å². The fraction of sp³-hybridized carbons (Fsp3) is 0.727. The number of halogens is 1. The number of nitrogens with zero attached hydrogens (tertiary/aromatic N) is 3. The van der Waals surface area contributed by atoms with Gasteiger partial charge in [-0.1, -0.05) is 0 Å². The van der Waals surface area contributed by atoms with Gasteiger partial charge in [-0.25, -0.2) is 4.98 Å². The number of nitrogens with two attached hydrogens (primary N) is 1. The summed E-state index contributed by atoms with van der Waals surface area (Å²) in [5.74, 6) is 0.820. The molecular weight excluding hydrogens is 256 g/mol. The van der Waals surface area contributed by atoms with Gasteiger partial charge < -0.3 is 10.6 Å². The van der Waals surface area contributed by atoms with Crippen LogP contribution >= 0.6 is 23.7 Å². The lowest BCUT2D eigenvalue weighted by atomic mass is 10.1. The van der Waals surface area contributed by atoms with Crippen molar-refractivity contribution in [3.05, 3.63) is 11.1 Å². The molecule has 1 fully saturated rings. The molecule has 1 atom stereocenters. The first-order valence-corrected chi connectivity index (χ1v) is 6.52. The van der Waals surface area contributed by atoms with Crippen LogP contribution in [0.1, 0.15) is 11.3 Å². The Labute approximate surface area is 113 Å². The van der Waals surface area contributed by atoms with Gasteiger partial charge in [-0.05, 0) is 33.0 Å². The number of thiazole rings is 1. The van der Waals surface area contributed by atoms with Crippen molar-refractivity contribution in [2.45, 2.75) is 13.0 Å². The summed E-state index contributed by atoms with van der Waals surface area (Å²) < 4.78 is 0. The van der Waals surface area contributed by atoms with Gasteiger partial charge in [-0.3, -0.25) is 4.90 Å². The molecular formula is C11H21ClN4S. The summed E-state index contributed by atoms with van der Waals surface area (Å²) in [6.45, 7) is 4.62. The largest absolute Gasteiger partial charge is 0.375 e. The molecule has 1 aliphatic rings. The maximum absolute atomic E-state index is 5.63. The van der Waals surface area contributed by atoms with Crippen molar-refractivity contribution in [3.8, 4) is 0 Å². The van der Waals surface area contributed by atoms with Crippen molar-refractivity contribution in [3.63, 3.8) is 0 Å². The molecule has 1 aromatic rings. The van der Waals surface area contributed by atoms with E-state index in [2.05, 4.69) is 28.9 Å². The van der Waals surface area contributed by atoms with Crippen LogP contribution in [0.3, 0.4) is 0 Å². The molecule has 1 aromatic heterocycles. The van der Waals surface area contributed by atoms with Crippen molar-refractivity contribution in [2.75, 3.05) is 39.5 Å². The minimum Gasteiger partial charge on any atom is -0.375 e. The second kappa shape index (κ2) is 6.54. The molecule has 0 aliphatic carbocycles. The molecule has 0 bridgehead atoms. The van der Waals surface area contributed by atoms with E-state index >= 15 is 0 Å². The minimum absolute atomic E-state index is 0. The fourth-order valence-corrected chi connectivity index (χ4v) is 3.06. The third kappa shape index (κ3) is 4.43. The smallest absolute Gasteiger partial charge is 0.180 e. The molecule has 4 nitrogen and oxygen atoms in total. The molecule has 0 amide bonds. The molecule has 0 aromatic carbocycles. The molecule has 1 aliphatic heterocycles. The van der Waals surface area contributed by atoms with Crippen molar-refractivity contribution < 1.29 is 0 Å². The zero-order valence-corrected chi connectivity index (χ0v) is 12.1. The molecule has 0 spiro atoms. The van der Waals surface area contributed by atoms with Crippen LogP contribution < -0.4 is 5.73 Å². The number of hydrogen-bond acceptors (Lipinski definition) is 5. The van der Waals surface area contributed by atoms with Crippen LogP contribution in [0.4, 0.5) is 5.13 Å². The number of aromatic nitrogens is 1. The summed E-state index contributed by atoms with van der Waals surface area (Å²) in [7, 11) is 4.29. The molecule has 0 radical (unpaired) electrons. The number of anilines is 1. The van der Waals surface area contributed by atoms with Crippen LogP contribution in [-0.2, 0) is 6.54 Å². The highest BCUT2D eigenvalue weighted by molar-refractivity contribution is 7.15. The van der Waals surface area contributed by atoms with Gasteiger partial charge in [0, 0.05) is 30.7 Å². The van der Waals surface area contributed by atoms with Gasteiger partial charge in [-0.2, -0.15) is 0 Å². The predicted molar refractivity (Wildman–Crippen MR) is 75.7 cm³/mol. The zero-order valence-electron chi connectivity index (χ0n) is 10.4. The molecule has 98 valence electrons. The third-order valence-corrected chi connectivity index (χ3v) is 3.76. The molecule has 2 N–H and O–H groups in total. The fourth-order valence-electron chi connectivity index (χ4n) is 2.34. The van der Waals surface area contributed by atoms with Crippen molar-refractivity contribution in [2.24, 2.45) is 5.92 Å². The van der Waals surface area contributed by atoms with E-state index in [0.29, 0.717) is 5.13 Å². The third-order valence-electron chi connectivity index (χ3n) is 2.94. The van der Waals surface area contributed by atoms with E-state index < -0.39 is 0 Å². The second-order valence-electron chi connectivity index (χ2n) is 4.82. The zero-order chi connectivity index (χ0) is 11.5. The maximum Gasteiger partial charge on any atom is 0.180 e. The van der Waals surface area contributed by atoms with Crippen LogP contribution in [0.25, 0.3) is 0 Å². The first kappa shape index (κ1) is 14.7. The lowest BCUT2D eigenvalue weighted by molar-refractivity contribution is 0.287. The SMILES string of the molecule is CN(C)CC1CCN(Cc2cnc(N)s2)C1.Cl. The molecule has 17 heavy (non-hydrogen) atoms. The standard InChI is InChI=1S/C11H20N4S.ClH/c1-14(2)6-9-3-4-15(7-9)8-10-5-13-11(12)16-10;/h5,9H,3-4,6-8H2,1-2H3,(H2,12,13);1H.